The van der Waals surface area contributed by atoms with Gasteiger partial charge in [0.05, 0.1) is 13.2 Å². The van der Waals surface area contributed by atoms with Gasteiger partial charge in [0.25, 0.3) is 0 Å². The summed E-state index contributed by atoms with van der Waals surface area (Å²) in [7, 11) is 0. The highest BCUT2D eigenvalue weighted by molar-refractivity contribution is 5.46. The van der Waals surface area contributed by atoms with Crippen LogP contribution in [-0.4, -0.2) is 60.4 Å². The molecule has 1 N–H and O–H groups in total. The molecule has 2 fully saturated rings. The average Bonchev–Trinajstić information content (AvgIpc) is 3.17. The largest absolute Gasteiger partial charge is 0.433 e. The number of anilines is 3. The van der Waals surface area contributed by atoms with Crippen LogP contribution in [0.2, 0.25) is 0 Å². The Kier molecular flexibility index (Phi) is 5.21. The summed E-state index contributed by atoms with van der Waals surface area (Å²) < 4.78 is 44.0. The molecule has 4 rings (SSSR count). The van der Waals surface area contributed by atoms with Crippen molar-refractivity contribution in [1.29, 1.82) is 0 Å². The Morgan fingerprint density at radius 1 is 1.04 bits per heavy atom. The number of rotatable bonds is 4. The van der Waals surface area contributed by atoms with E-state index in [0.717, 1.165) is 25.6 Å². The number of nitrogens with zero attached hydrogens (tertiary/aromatic N) is 5. The summed E-state index contributed by atoms with van der Waals surface area (Å²) >= 11 is 0. The Balaban J connectivity index is 1.40. The Morgan fingerprint density at radius 3 is 2.64 bits per heavy atom. The molecule has 2 aliphatic rings. The van der Waals surface area contributed by atoms with E-state index in [2.05, 4.69) is 25.2 Å². The van der Waals surface area contributed by atoms with Crippen molar-refractivity contribution in [1.82, 2.24) is 15.0 Å². The van der Waals surface area contributed by atoms with Crippen molar-refractivity contribution in [2.45, 2.75) is 18.6 Å². The second-order valence-electron chi connectivity index (χ2n) is 6.80. The summed E-state index contributed by atoms with van der Waals surface area (Å²) in [5, 5.41) is 3.36. The number of pyridine rings is 1. The highest BCUT2D eigenvalue weighted by atomic mass is 19.4. The molecule has 0 bridgehead atoms. The van der Waals surface area contributed by atoms with Crippen LogP contribution in [0, 0.1) is 0 Å². The molecule has 28 heavy (non-hydrogen) atoms. The fourth-order valence-corrected chi connectivity index (χ4v) is 3.40. The summed E-state index contributed by atoms with van der Waals surface area (Å²) in [4.78, 5) is 16.6. The van der Waals surface area contributed by atoms with Crippen molar-refractivity contribution in [2.75, 3.05) is 54.5 Å². The number of aromatic nitrogens is 3. The third kappa shape index (κ3) is 4.27. The molecule has 150 valence electrons. The smallest absolute Gasteiger partial charge is 0.378 e. The fourth-order valence-electron chi connectivity index (χ4n) is 3.40. The molecule has 0 amide bonds. The van der Waals surface area contributed by atoms with E-state index in [9.17, 15) is 13.2 Å². The van der Waals surface area contributed by atoms with Gasteiger partial charge in [-0.25, -0.2) is 9.97 Å². The van der Waals surface area contributed by atoms with E-state index in [0.29, 0.717) is 43.9 Å². The molecular formula is C18H21F3N6O. The lowest BCUT2D eigenvalue weighted by atomic mass is 10.2. The fraction of sp³-hybridized carbons (Fsp3) is 0.500. The van der Waals surface area contributed by atoms with E-state index in [-0.39, 0.29) is 6.04 Å². The second-order valence-corrected chi connectivity index (χ2v) is 6.80. The van der Waals surface area contributed by atoms with Gasteiger partial charge in [-0.15, -0.1) is 0 Å². The Bertz CT molecular complexity index is 812. The zero-order chi connectivity index (χ0) is 19.6. The molecule has 0 aliphatic carbocycles. The highest BCUT2D eigenvalue weighted by Gasteiger charge is 2.33. The third-order valence-electron chi connectivity index (χ3n) is 4.83. The van der Waals surface area contributed by atoms with Crippen molar-refractivity contribution in [3.8, 4) is 0 Å². The minimum absolute atomic E-state index is 0.0729. The minimum Gasteiger partial charge on any atom is -0.378 e. The molecule has 1 atom stereocenters. The maximum absolute atomic E-state index is 12.9. The Labute approximate surface area is 160 Å². The summed E-state index contributed by atoms with van der Waals surface area (Å²) in [6.07, 6.45) is -1.94. The first kappa shape index (κ1) is 18.7. The van der Waals surface area contributed by atoms with Gasteiger partial charge < -0.3 is 19.9 Å². The van der Waals surface area contributed by atoms with Crippen molar-refractivity contribution in [3.63, 3.8) is 0 Å². The van der Waals surface area contributed by atoms with Gasteiger partial charge in [0.2, 0.25) is 5.95 Å². The second kappa shape index (κ2) is 7.78. The van der Waals surface area contributed by atoms with Crippen LogP contribution in [0.3, 0.4) is 0 Å². The van der Waals surface area contributed by atoms with Crippen LogP contribution >= 0.6 is 0 Å². The van der Waals surface area contributed by atoms with Gasteiger partial charge in [0, 0.05) is 38.4 Å². The molecule has 0 saturated carbocycles. The van der Waals surface area contributed by atoms with Crippen molar-refractivity contribution >= 4 is 17.6 Å². The van der Waals surface area contributed by atoms with E-state index in [1.807, 2.05) is 4.90 Å². The first-order chi connectivity index (χ1) is 13.5. The number of ether oxygens (including phenoxy) is 1. The zero-order valence-electron chi connectivity index (χ0n) is 15.2. The lowest BCUT2D eigenvalue weighted by Gasteiger charge is -2.27. The maximum atomic E-state index is 12.9. The van der Waals surface area contributed by atoms with E-state index >= 15 is 0 Å². The minimum atomic E-state index is -4.44. The number of hydrogen-bond donors (Lipinski definition) is 1. The molecule has 2 aromatic rings. The molecule has 0 radical (unpaired) electrons. The van der Waals surface area contributed by atoms with Crippen LogP contribution in [-0.2, 0) is 10.9 Å². The summed E-state index contributed by atoms with van der Waals surface area (Å²) in [5.41, 5.74) is -0.868. The highest BCUT2D eigenvalue weighted by Crippen LogP contribution is 2.30. The number of morpholine rings is 1. The van der Waals surface area contributed by atoms with Gasteiger partial charge in [0.1, 0.15) is 17.3 Å². The molecule has 10 heteroatoms. The van der Waals surface area contributed by atoms with Crippen LogP contribution in [0.1, 0.15) is 12.1 Å². The molecule has 0 spiro atoms. The summed E-state index contributed by atoms with van der Waals surface area (Å²) in [5.74, 6) is 1.71. The molecule has 1 unspecified atom stereocenters. The van der Waals surface area contributed by atoms with Crippen molar-refractivity contribution < 1.29 is 17.9 Å². The summed E-state index contributed by atoms with van der Waals surface area (Å²) in [6, 6.07) is 5.87. The number of halogens is 3. The predicted octanol–water partition coefficient (Wildman–Crippen LogP) is 2.42. The molecule has 0 aromatic carbocycles. The van der Waals surface area contributed by atoms with Crippen LogP contribution in [0.25, 0.3) is 0 Å². The first-order valence-electron chi connectivity index (χ1n) is 9.20. The molecule has 4 heterocycles. The van der Waals surface area contributed by atoms with Crippen molar-refractivity contribution in [3.05, 3.63) is 36.2 Å². The quantitative estimate of drug-likeness (QED) is 0.854. The van der Waals surface area contributed by atoms with Crippen LogP contribution in [0.5, 0.6) is 0 Å². The SMILES string of the molecule is FC(F)(F)c1cccc(N2CCC(Nc3ccnc(N4CCOCC4)n3)C2)n1. The van der Waals surface area contributed by atoms with Crippen LogP contribution in [0.4, 0.5) is 30.8 Å². The number of alkyl halides is 3. The summed E-state index contributed by atoms with van der Waals surface area (Å²) in [6.45, 7) is 4.01. The molecular weight excluding hydrogens is 373 g/mol. The van der Waals surface area contributed by atoms with E-state index < -0.39 is 11.9 Å². The van der Waals surface area contributed by atoms with E-state index in [1.165, 1.54) is 6.07 Å². The van der Waals surface area contributed by atoms with Gasteiger partial charge in [-0.05, 0) is 24.6 Å². The van der Waals surface area contributed by atoms with Gasteiger partial charge in [-0.2, -0.15) is 18.2 Å². The van der Waals surface area contributed by atoms with Gasteiger partial charge >= 0.3 is 6.18 Å². The molecule has 7 nitrogen and oxygen atoms in total. The van der Waals surface area contributed by atoms with Crippen LogP contribution < -0.4 is 15.1 Å². The predicted molar refractivity (Wildman–Crippen MR) is 98.5 cm³/mol. The van der Waals surface area contributed by atoms with E-state index in [4.69, 9.17) is 4.74 Å². The third-order valence-corrected chi connectivity index (χ3v) is 4.83. The Hall–Kier alpha value is -2.62. The molecule has 2 aliphatic heterocycles. The first-order valence-corrected chi connectivity index (χ1v) is 9.20. The Morgan fingerprint density at radius 2 is 1.86 bits per heavy atom. The van der Waals surface area contributed by atoms with E-state index in [1.54, 1.807) is 18.3 Å². The zero-order valence-corrected chi connectivity index (χ0v) is 15.2. The van der Waals surface area contributed by atoms with Crippen LogP contribution in [0.15, 0.2) is 30.5 Å². The van der Waals surface area contributed by atoms with Gasteiger partial charge in [0.15, 0.2) is 0 Å². The number of hydrogen-bond acceptors (Lipinski definition) is 7. The topological polar surface area (TPSA) is 66.4 Å². The van der Waals surface area contributed by atoms with Gasteiger partial charge in [-0.3, -0.25) is 0 Å². The number of nitrogens with one attached hydrogen (secondary N) is 1. The lowest BCUT2D eigenvalue weighted by molar-refractivity contribution is -0.141. The molecule has 2 aromatic heterocycles. The monoisotopic (exact) mass is 394 g/mol. The lowest BCUT2D eigenvalue weighted by Crippen LogP contribution is -2.37. The van der Waals surface area contributed by atoms with Crippen molar-refractivity contribution in [2.24, 2.45) is 0 Å². The average molecular weight is 394 g/mol. The normalized spacial score (nSPS) is 20.5. The standard InChI is InChI=1S/C18H21F3N6O/c19-18(20,21)14-2-1-3-16(24-14)27-7-5-13(12-27)23-15-4-6-22-17(25-15)26-8-10-28-11-9-26/h1-4,6,13H,5,7-12H2,(H,22,23,25). The maximum Gasteiger partial charge on any atom is 0.433 e. The molecule has 2 saturated heterocycles. The van der Waals surface area contributed by atoms with Gasteiger partial charge in [-0.1, -0.05) is 6.07 Å².